The molecule has 1 fully saturated rings. The molecule has 0 bridgehead atoms. The SMILES string of the molecule is CN1CCC[C@@H]1/C=C/c1cccc(F)c1F. The summed E-state index contributed by atoms with van der Waals surface area (Å²) in [6, 6.07) is 4.59. The number of likely N-dealkylation sites (N-methyl/N-ethyl adjacent to an activating group) is 1. The summed E-state index contributed by atoms with van der Waals surface area (Å²) in [7, 11) is 2.05. The molecule has 0 N–H and O–H groups in total. The Morgan fingerprint density at radius 3 is 2.88 bits per heavy atom. The van der Waals surface area contributed by atoms with Crippen LogP contribution in [0.4, 0.5) is 8.78 Å². The first kappa shape index (κ1) is 11.3. The van der Waals surface area contributed by atoms with Crippen molar-refractivity contribution in [2.75, 3.05) is 13.6 Å². The predicted molar refractivity (Wildman–Crippen MR) is 61.0 cm³/mol. The molecule has 0 radical (unpaired) electrons. The van der Waals surface area contributed by atoms with Crippen LogP contribution in [0.15, 0.2) is 24.3 Å². The van der Waals surface area contributed by atoms with Crippen molar-refractivity contribution in [1.82, 2.24) is 4.90 Å². The highest BCUT2D eigenvalue weighted by Gasteiger charge is 2.17. The second-order valence-corrected chi connectivity index (χ2v) is 4.19. The predicted octanol–water partition coefficient (Wildman–Crippen LogP) is 3.07. The second kappa shape index (κ2) is 4.74. The van der Waals surface area contributed by atoms with Crippen LogP contribution in [0.5, 0.6) is 0 Å². The third-order valence-electron chi connectivity index (χ3n) is 3.06. The monoisotopic (exact) mass is 223 g/mol. The van der Waals surface area contributed by atoms with E-state index in [4.69, 9.17) is 0 Å². The van der Waals surface area contributed by atoms with Crippen LogP contribution in [0.3, 0.4) is 0 Å². The molecule has 0 unspecified atom stereocenters. The minimum Gasteiger partial charge on any atom is -0.300 e. The number of likely N-dealkylation sites (tertiary alicyclic amines) is 1. The lowest BCUT2D eigenvalue weighted by Crippen LogP contribution is -2.22. The van der Waals surface area contributed by atoms with E-state index in [9.17, 15) is 8.78 Å². The first-order chi connectivity index (χ1) is 7.68. The number of benzene rings is 1. The summed E-state index contributed by atoms with van der Waals surface area (Å²) >= 11 is 0. The lowest BCUT2D eigenvalue weighted by molar-refractivity contribution is 0.358. The van der Waals surface area contributed by atoms with Crippen molar-refractivity contribution in [2.24, 2.45) is 0 Å². The minimum atomic E-state index is -0.790. The van der Waals surface area contributed by atoms with E-state index in [1.165, 1.54) is 6.07 Å². The Labute approximate surface area is 94.4 Å². The normalized spacial score (nSPS) is 22.1. The summed E-state index contributed by atoms with van der Waals surface area (Å²) < 4.78 is 26.3. The van der Waals surface area contributed by atoms with E-state index in [0.29, 0.717) is 11.6 Å². The van der Waals surface area contributed by atoms with Crippen LogP contribution >= 0.6 is 0 Å². The molecule has 0 saturated carbocycles. The van der Waals surface area contributed by atoms with Crippen molar-refractivity contribution in [3.8, 4) is 0 Å². The lowest BCUT2D eigenvalue weighted by atomic mass is 10.1. The highest BCUT2D eigenvalue weighted by Crippen LogP contribution is 2.18. The fourth-order valence-corrected chi connectivity index (χ4v) is 2.04. The van der Waals surface area contributed by atoms with Crippen LogP contribution in [0.2, 0.25) is 0 Å². The molecule has 86 valence electrons. The molecule has 1 heterocycles. The summed E-state index contributed by atoms with van der Waals surface area (Å²) in [5, 5.41) is 0. The van der Waals surface area contributed by atoms with Crippen LogP contribution in [-0.4, -0.2) is 24.5 Å². The largest absolute Gasteiger partial charge is 0.300 e. The third kappa shape index (κ3) is 2.30. The van der Waals surface area contributed by atoms with Gasteiger partial charge in [-0.25, -0.2) is 8.78 Å². The quantitative estimate of drug-likeness (QED) is 0.744. The topological polar surface area (TPSA) is 3.24 Å². The fraction of sp³-hybridized carbons (Fsp3) is 0.385. The first-order valence-electron chi connectivity index (χ1n) is 5.51. The molecular weight excluding hydrogens is 208 g/mol. The molecule has 0 spiro atoms. The van der Waals surface area contributed by atoms with Gasteiger partial charge in [0.2, 0.25) is 0 Å². The molecule has 2 rings (SSSR count). The Bertz CT molecular complexity index is 401. The van der Waals surface area contributed by atoms with Gasteiger partial charge in [0.25, 0.3) is 0 Å². The Kier molecular flexibility index (Phi) is 3.34. The van der Waals surface area contributed by atoms with E-state index >= 15 is 0 Å². The Morgan fingerprint density at radius 1 is 1.38 bits per heavy atom. The molecule has 1 aliphatic rings. The molecule has 1 atom stereocenters. The molecule has 0 aromatic heterocycles. The summed E-state index contributed by atoms with van der Waals surface area (Å²) in [5.41, 5.74) is 0.320. The van der Waals surface area contributed by atoms with Crippen LogP contribution in [0, 0.1) is 11.6 Å². The molecule has 1 aliphatic heterocycles. The molecule has 1 aromatic carbocycles. The van der Waals surface area contributed by atoms with Crippen molar-refractivity contribution in [3.05, 3.63) is 41.5 Å². The molecule has 0 amide bonds. The van der Waals surface area contributed by atoms with Crippen molar-refractivity contribution in [1.29, 1.82) is 0 Å². The van der Waals surface area contributed by atoms with Gasteiger partial charge in [-0.15, -0.1) is 0 Å². The van der Waals surface area contributed by atoms with Crippen molar-refractivity contribution < 1.29 is 8.78 Å². The van der Waals surface area contributed by atoms with Gasteiger partial charge in [0.15, 0.2) is 11.6 Å². The van der Waals surface area contributed by atoms with E-state index in [0.717, 1.165) is 25.5 Å². The summed E-state index contributed by atoms with van der Waals surface area (Å²) in [5.74, 6) is -1.55. The lowest BCUT2D eigenvalue weighted by Gasteiger charge is -2.14. The smallest absolute Gasteiger partial charge is 0.166 e. The summed E-state index contributed by atoms with van der Waals surface area (Å²) in [4.78, 5) is 2.22. The van der Waals surface area contributed by atoms with Crippen LogP contribution in [0.25, 0.3) is 6.08 Å². The first-order valence-corrected chi connectivity index (χ1v) is 5.51. The zero-order chi connectivity index (χ0) is 11.5. The van der Waals surface area contributed by atoms with Gasteiger partial charge in [0.05, 0.1) is 0 Å². The van der Waals surface area contributed by atoms with Crippen molar-refractivity contribution in [3.63, 3.8) is 0 Å². The number of hydrogen-bond donors (Lipinski definition) is 0. The van der Waals surface area contributed by atoms with Crippen LogP contribution in [-0.2, 0) is 0 Å². The highest BCUT2D eigenvalue weighted by atomic mass is 19.2. The van der Waals surface area contributed by atoms with Crippen LogP contribution < -0.4 is 0 Å². The van der Waals surface area contributed by atoms with Gasteiger partial charge in [-0.05, 0) is 32.5 Å². The Hall–Kier alpha value is -1.22. The third-order valence-corrected chi connectivity index (χ3v) is 3.06. The zero-order valence-corrected chi connectivity index (χ0v) is 9.29. The number of halogens is 2. The standard InChI is InChI=1S/C13H15F2N/c1-16-9-3-5-11(16)8-7-10-4-2-6-12(14)13(10)15/h2,4,6-8,11H,3,5,9H2,1H3/b8-7+/t11-/m1/s1. The van der Waals surface area contributed by atoms with Gasteiger partial charge in [0, 0.05) is 11.6 Å². The highest BCUT2D eigenvalue weighted by molar-refractivity contribution is 5.50. The maximum atomic E-state index is 13.3. The summed E-state index contributed by atoms with van der Waals surface area (Å²) in [6.45, 7) is 1.07. The van der Waals surface area contributed by atoms with Gasteiger partial charge in [0.1, 0.15) is 0 Å². The molecule has 1 aromatic rings. The molecule has 1 saturated heterocycles. The molecule has 0 aliphatic carbocycles. The number of hydrogen-bond acceptors (Lipinski definition) is 1. The average molecular weight is 223 g/mol. The van der Waals surface area contributed by atoms with Gasteiger partial charge in [-0.3, -0.25) is 4.90 Å². The van der Waals surface area contributed by atoms with E-state index in [1.54, 1.807) is 12.1 Å². The van der Waals surface area contributed by atoms with Gasteiger partial charge >= 0.3 is 0 Å². The maximum Gasteiger partial charge on any atom is 0.166 e. The van der Waals surface area contributed by atoms with E-state index in [2.05, 4.69) is 4.90 Å². The van der Waals surface area contributed by atoms with E-state index in [-0.39, 0.29) is 0 Å². The maximum absolute atomic E-state index is 13.3. The van der Waals surface area contributed by atoms with Crippen molar-refractivity contribution in [2.45, 2.75) is 18.9 Å². The van der Waals surface area contributed by atoms with Gasteiger partial charge in [-0.2, -0.15) is 0 Å². The molecule has 1 nitrogen and oxygen atoms in total. The number of rotatable bonds is 2. The van der Waals surface area contributed by atoms with Crippen molar-refractivity contribution >= 4 is 6.08 Å². The minimum absolute atomic E-state index is 0.320. The summed E-state index contributed by atoms with van der Waals surface area (Å²) in [6.07, 6.45) is 5.87. The van der Waals surface area contributed by atoms with E-state index < -0.39 is 11.6 Å². The average Bonchev–Trinajstić information content (AvgIpc) is 2.67. The Balaban J connectivity index is 2.14. The molecule has 3 heteroatoms. The zero-order valence-electron chi connectivity index (χ0n) is 9.29. The van der Waals surface area contributed by atoms with Gasteiger partial charge < -0.3 is 0 Å². The molecular formula is C13H15F2N. The van der Waals surface area contributed by atoms with E-state index in [1.807, 2.05) is 13.1 Å². The second-order valence-electron chi connectivity index (χ2n) is 4.19. The Morgan fingerprint density at radius 2 is 2.19 bits per heavy atom. The van der Waals surface area contributed by atoms with Crippen LogP contribution in [0.1, 0.15) is 18.4 Å². The number of nitrogens with zero attached hydrogens (tertiary/aromatic N) is 1. The molecule has 16 heavy (non-hydrogen) atoms. The van der Waals surface area contributed by atoms with Gasteiger partial charge in [-0.1, -0.05) is 24.3 Å². The fourth-order valence-electron chi connectivity index (χ4n) is 2.04.